The summed E-state index contributed by atoms with van der Waals surface area (Å²) in [6, 6.07) is 17.7. The molecule has 0 radical (unpaired) electrons. The number of benzene rings is 2. The summed E-state index contributed by atoms with van der Waals surface area (Å²) >= 11 is 1.62. The Morgan fingerprint density at radius 2 is 1.91 bits per heavy atom. The standard InChI is InChI=1S/C24H30N4O2S.HI/c1-4-25-24(26-14-20-16-31-23(28-20)18-9-6-5-7-10-18)27-15-22(29)19-11-8-12-21(13-19)30-17(2)3;/h5-13,16-17,22,29H,4,14-15H2,1-3H3,(H2,25,26,27);1H. The van der Waals surface area contributed by atoms with Crippen LogP contribution in [0.2, 0.25) is 0 Å². The Balaban J connectivity index is 0.00000363. The Morgan fingerprint density at radius 3 is 2.62 bits per heavy atom. The highest BCUT2D eigenvalue weighted by Crippen LogP contribution is 2.23. The van der Waals surface area contributed by atoms with Crippen LogP contribution in [0.5, 0.6) is 5.75 Å². The summed E-state index contributed by atoms with van der Waals surface area (Å²) in [6.45, 7) is 7.50. The van der Waals surface area contributed by atoms with Gasteiger partial charge in [0, 0.05) is 24.0 Å². The maximum absolute atomic E-state index is 10.6. The second-order valence-corrected chi connectivity index (χ2v) is 8.20. The molecule has 0 aliphatic rings. The predicted molar refractivity (Wildman–Crippen MR) is 143 cm³/mol. The van der Waals surface area contributed by atoms with Gasteiger partial charge in [-0.25, -0.2) is 9.98 Å². The molecule has 1 unspecified atom stereocenters. The smallest absolute Gasteiger partial charge is 0.191 e. The van der Waals surface area contributed by atoms with Crippen LogP contribution in [-0.4, -0.2) is 35.2 Å². The molecule has 1 atom stereocenters. The second kappa shape index (κ2) is 13.4. The molecule has 0 spiro atoms. The van der Waals surface area contributed by atoms with E-state index in [0.717, 1.165) is 34.1 Å². The minimum atomic E-state index is -0.677. The van der Waals surface area contributed by atoms with Crippen LogP contribution < -0.4 is 15.4 Å². The fourth-order valence-corrected chi connectivity index (χ4v) is 3.79. The van der Waals surface area contributed by atoms with Crippen LogP contribution in [0.1, 0.15) is 38.1 Å². The van der Waals surface area contributed by atoms with E-state index in [-0.39, 0.29) is 30.1 Å². The molecule has 8 heteroatoms. The van der Waals surface area contributed by atoms with Gasteiger partial charge in [-0.1, -0.05) is 42.5 Å². The Labute approximate surface area is 211 Å². The lowest BCUT2D eigenvalue weighted by Gasteiger charge is -2.17. The average Bonchev–Trinajstić information content (AvgIpc) is 3.25. The number of aromatic nitrogens is 1. The first-order valence-corrected chi connectivity index (χ1v) is 11.4. The number of halogens is 1. The number of guanidine groups is 1. The zero-order valence-corrected chi connectivity index (χ0v) is 21.8. The molecule has 2 aromatic carbocycles. The van der Waals surface area contributed by atoms with Gasteiger partial charge in [0.25, 0.3) is 0 Å². The predicted octanol–water partition coefficient (Wildman–Crippen LogP) is 5.00. The maximum Gasteiger partial charge on any atom is 0.191 e. The van der Waals surface area contributed by atoms with Gasteiger partial charge < -0.3 is 20.5 Å². The highest BCUT2D eigenvalue weighted by atomic mass is 127. The molecule has 0 amide bonds. The molecule has 32 heavy (non-hydrogen) atoms. The number of nitrogens with zero attached hydrogens (tertiary/aromatic N) is 2. The third kappa shape index (κ3) is 8.07. The first kappa shape index (κ1) is 26.1. The second-order valence-electron chi connectivity index (χ2n) is 7.34. The first-order valence-electron chi connectivity index (χ1n) is 10.5. The van der Waals surface area contributed by atoms with E-state index in [1.54, 1.807) is 11.3 Å². The van der Waals surface area contributed by atoms with Gasteiger partial charge in [-0.2, -0.15) is 0 Å². The largest absolute Gasteiger partial charge is 0.491 e. The van der Waals surface area contributed by atoms with Gasteiger partial charge in [0.15, 0.2) is 5.96 Å². The number of ether oxygens (including phenoxy) is 1. The fraction of sp³-hybridized carbons (Fsp3) is 0.333. The number of hydrogen-bond acceptors (Lipinski definition) is 5. The molecule has 0 saturated heterocycles. The van der Waals surface area contributed by atoms with Crippen LogP contribution in [0.3, 0.4) is 0 Å². The molecule has 0 saturated carbocycles. The number of thiazole rings is 1. The quantitative estimate of drug-likeness (QED) is 0.193. The molecular formula is C24H31IN4O2S. The van der Waals surface area contributed by atoms with Gasteiger partial charge in [-0.3, -0.25) is 0 Å². The SMILES string of the molecule is CCNC(=NCc1csc(-c2ccccc2)n1)NCC(O)c1cccc(OC(C)C)c1.I. The highest BCUT2D eigenvalue weighted by Gasteiger charge is 2.11. The van der Waals surface area contributed by atoms with Crippen LogP contribution in [0.4, 0.5) is 0 Å². The summed E-state index contributed by atoms with van der Waals surface area (Å²) in [5.41, 5.74) is 2.83. The Bertz CT molecular complexity index is 979. The molecule has 3 N–H and O–H groups in total. The minimum Gasteiger partial charge on any atom is -0.491 e. The average molecular weight is 567 g/mol. The molecular weight excluding hydrogens is 535 g/mol. The molecule has 1 aromatic heterocycles. The van der Waals surface area contributed by atoms with Crippen molar-refractivity contribution < 1.29 is 9.84 Å². The van der Waals surface area contributed by atoms with E-state index in [2.05, 4.69) is 32.7 Å². The van der Waals surface area contributed by atoms with Gasteiger partial charge in [0.05, 0.1) is 24.4 Å². The van der Waals surface area contributed by atoms with Crippen molar-refractivity contribution in [2.75, 3.05) is 13.1 Å². The zero-order chi connectivity index (χ0) is 22.1. The molecule has 0 aliphatic carbocycles. The summed E-state index contributed by atoms with van der Waals surface area (Å²) in [5, 5.41) is 20.0. The third-order valence-electron chi connectivity index (χ3n) is 4.39. The molecule has 0 bridgehead atoms. The van der Waals surface area contributed by atoms with Crippen molar-refractivity contribution in [2.24, 2.45) is 4.99 Å². The van der Waals surface area contributed by atoms with E-state index < -0.39 is 6.10 Å². The summed E-state index contributed by atoms with van der Waals surface area (Å²) in [6.07, 6.45) is -0.588. The van der Waals surface area contributed by atoms with Gasteiger partial charge in [0.2, 0.25) is 0 Å². The Kier molecular flexibility index (Phi) is 10.9. The molecule has 0 fully saturated rings. The zero-order valence-electron chi connectivity index (χ0n) is 18.6. The topological polar surface area (TPSA) is 78.8 Å². The Morgan fingerprint density at radius 1 is 1.12 bits per heavy atom. The number of nitrogens with one attached hydrogen (secondary N) is 2. The van der Waals surface area contributed by atoms with Crippen molar-refractivity contribution in [3.63, 3.8) is 0 Å². The van der Waals surface area contributed by atoms with E-state index in [1.165, 1.54) is 0 Å². The van der Waals surface area contributed by atoms with Crippen molar-refractivity contribution in [1.82, 2.24) is 15.6 Å². The van der Waals surface area contributed by atoms with Gasteiger partial charge >= 0.3 is 0 Å². The number of aliphatic hydroxyl groups excluding tert-OH is 1. The van der Waals surface area contributed by atoms with E-state index in [4.69, 9.17) is 4.74 Å². The Hall–Kier alpha value is -2.17. The van der Waals surface area contributed by atoms with Crippen molar-refractivity contribution in [2.45, 2.75) is 39.5 Å². The van der Waals surface area contributed by atoms with E-state index in [1.807, 2.05) is 68.6 Å². The summed E-state index contributed by atoms with van der Waals surface area (Å²) in [5.74, 6) is 1.40. The van der Waals surface area contributed by atoms with Crippen molar-refractivity contribution in [1.29, 1.82) is 0 Å². The normalized spacial score (nSPS) is 12.2. The van der Waals surface area contributed by atoms with Crippen LogP contribution in [0.15, 0.2) is 65.0 Å². The lowest BCUT2D eigenvalue weighted by molar-refractivity contribution is 0.179. The third-order valence-corrected chi connectivity index (χ3v) is 5.33. The van der Waals surface area contributed by atoms with Gasteiger partial charge in [-0.05, 0) is 38.5 Å². The van der Waals surface area contributed by atoms with Crippen LogP contribution >= 0.6 is 35.3 Å². The molecule has 3 rings (SSSR count). The van der Waals surface area contributed by atoms with Crippen molar-refractivity contribution >= 4 is 41.3 Å². The lowest BCUT2D eigenvalue weighted by atomic mass is 10.1. The summed E-state index contributed by atoms with van der Waals surface area (Å²) < 4.78 is 5.72. The minimum absolute atomic E-state index is 0. The number of rotatable bonds is 9. The maximum atomic E-state index is 10.6. The summed E-state index contributed by atoms with van der Waals surface area (Å²) in [7, 11) is 0. The van der Waals surface area contributed by atoms with Crippen LogP contribution in [0, 0.1) is 0 Å². The lowest BCUT2D eigenvalue weighted by Crippen LogP contribution is -2.39. The fourth-order valence-electron chi connectivity index (χ4n) is 2.97. The molecule has 1 heterocycles. The van der Waals surface area contributed by atoms with Gasteiger partial charge in [0.1, 0.15) is 10.8 Å². The summed E-state index contributed by atoms with van der Waals surface area (Å²) in [4.78, 5) is 9.30. The number of aliphatic imine (C=N–C) groups is 1. The van der Waals surface area contributed by atoms with Crippen molar-refractivity contribution in [3.05, 3.63) is 71.2 Å². The monoisotopic (exact) mass is 566 g/mol. The molecule has 6 nitrogen and oxygen atoms in total. The molecule has 172 valence electrons. The van der Waals surface area contributed by atoms with E-state index in [0.29, 0.717) is 19.0 Å². The highest BCUT2D eigenvalue weighted by molar-refractivity contribution is 14.0. The van der Waals surface area contributed by atoms with Crippen molar-refractivity contribution in [3.8, 4) is 16.3 Å². The first-order chi connectivity index (χ1) is 15.0. The van der Waals surface area contributed by atoms with Crippen LogP contribution in [-0.2, 0) is 6.54 Å². The van der Waals surface area contributed by atoms with E-state index >= 15 is 0 Å². The number of hydrogen-bond donors (Lipinski definition) is 3. The molecule has 3 aromatic rings. The van der Waals surface area contributed by atoms with Crippen LogP contribution in [0.25, 0.3) is 10.6 Å². The van der Waals surface area contributed by atoms with E-state index in [9.17, 15) is 5.11 Å². The van der Waals surface area contributed by atoms with Gasteiger partial charge in [-0.15, -0.1) is 35.3 Å². The number of aliphatic hydroxyl groups is 1. The molecule has 0 aliphatic heterocycles.